The summed E-state index contributed by atoms with van der Waals surface area (Å²) in [7, 11) is 1.54. The minimum absolute atomic E-state index is 0.00935. The van der Waals surface area contributed by atoms with E-state index < -0.39 is 23.2 Å². The van der Waals surface area contributed by atoms with Gasteiger partial charge in [-0.3, -0.25) is 9.59 Å². The molecule has 0 saturated heterocycles. The number of carbonyl (C=O) groups is 2. The lowest BCUT2D eigenvalue weighted by Gasteiger charge is -2.27. The molecule has 2 rings (SSSR count). The molecule has 0 saturated carbocycles. The lowest BCUT2D eigenvalue weighted by molar-refractivity contribution is -0.137. The van der Waals surface area contributed by atoms with Crippen LogP contribution in [0.1, 0.15) is 49.9 Å². The van der Waals surface area contributed by atoms with E-state index in [-0.39, 0.29) is 24.8 Å². The number of nitrogens with one attached hydrogen (secondary N) is 2. The molecule has 0 aliphatic carbocycles. The van der Waals surface area contributed by atoms with Gasteiger partial charge in [0.05, 0.1) is 25.1 Å². The van der Waals surface area contributed by atoms with Crippen molar-refractivity contribution in [2.45, 2.75) is 44.8 Å². The SMILES string of the molecule is COc1ccc(C(CC(=O)NCC(C)(C)c2cccc(C(F)(F)F)c2)NC(C)=O)cc1. The molecule has 5 nitrogen and oxygen atoms in total. The maximum Gasteiger partial charge on any atom is 0.416 e. The summed E-state index contributed by atoms with van der Waals surface area (Å²) in [6, 6.07) is 11.5. The number of amides is 2. The van der Waals surface area contributed by atoms with Crippen molar-refractivity contribution in [3.8, 4) is 5.75 Å². The van der Waals surface area contributed by atoms with Crippen LogP contribution in [0.15, 0.2) is 48.5 Å². The van der Waals surface area contributed by atoms with Crippen molar-refractivity contribution in [2.75, 3.05) is 13.7 Å². The molecule has 168 valence electrons. The van der Waals surface area contributed by atoms with Gasteiger partial charge < -0.3 is 15.4 Å². The summed E-state index contributed by atoms with van der Waals surface area (Å²) in [5.74, 6) is 0.0464. The minimum Gasteiger partial charge on any atom is -0.497 e. The average molecular weight is 436 g/mol. The summed E-state index contributed by atoms with van der Waals surface area (Å²) in [6.45, 7) is 5.03. The molecular weight excluding hydrogens is 409 g/mol. The van der Waals surface area contributed by atoms with Gasteiger partial charge in [-0.15, -0.1) is 0 Å². The number of hydrogen-bond donors (Lipinski definition) is 2. The minimum atomic E-state index is -4.43. The molecule has 2 N–H and O–H groups in total. The number of ether oxygens (including phenoxy) is 1. The lowest BCUT2D eigenvalue weighted by Crippen LogP contribution is -2.39. The molecule has 0 aromatic heterocycles. The molecule has 2 aromatic carbocycles. The topological polar surface area (TPSA) is 67.4 Å². The molecule has 0 spiro atoms. The molecule has 8 heteroatoms. The fourth-order valence-corrected chi connectivity index (χ4v) is 3.13. The quantitative estimate of drug-likeness (QED) is 0.646. The van der Waals surface area contributed by atoms with E-state index in [4.69, 9.17) is 4.74 Å². The van der Waals surface area contributed by atoms with Crippen LogP contribution in [0.4, 0.5) is 13.2 Å². The maximum atomic E-state index is 13.0. The van der Waals surface area contributed by atoms with Crippen LogP contribution in [0.2, 0.25) is 0 Å². The molecule has 0 fully saturated rings. The summed E-state index contributed by atoms with van der Waals surface area (Å²) in [5, 5.41) is 5.53. The Bertz CT molecular complexity index is 909. The fourth-order valence-electron chi connectivity index (χ4n) is 3.13. The van der Waals surface area contributed by atoms with Crippen LogP contribution in [-0.4, -0.2) is 25.5 Å². The number of hydrogen-bond acceptors (Lipinski definition) is 3. The van der Waals surface area contributed by atoms with Gasteiger partial charge in [-0.1, -0.05) is 44.2 Å². The summed E-state index contributed by atoms with van der Waals surface area (Å²) in [5.41, 5.74) is -0.241. The third-order valence-corrected chi connectivity index (χ3v) is 4.98. The zero-order chi connectivity index (χ0) is 23.2. The van der Waals surface area contributed by atoms with Crippen LogP contribution in [0.25, 0.3) is 0 Å². The van der Waals surface area contributed by atoms with E-state index in [9.17, 15) is 22.8 Å². The van der Waals surface area contributed by atoms with Gasteiger partial charge in [-0.05, 0) is 29.3 Å². The predicted molar refractivity (Wildman–Crippen MR) is 112 cm³/mol. The molecule has 0 radical (unpaired) electrons. The van der Waals surface area contributed by atoms with E-state index in [2.05, 4.69) is 10.6 Å². The highest BCUT2D eigenvalue weighted by molar-refractivity contribution is 5.79. The van der Waals surface area contributed by atoms with Crippen LogP contribution in [-0.2, 0) is 21.2 Å². The van der Waals surface area contributed by atoms with Gasteiger partial charge in [-0.25, -0.2) is 0 Å². The van der Waals surface area contributed by atoms with E-state index in [1.165, 1.54) is 13.0 Å². The predicted octanol–water partition coefficient (Wildman–Crippen LogP) is 4.38. The summed E-state index contributed by atoms with van der Waals surface area (Å²) in [6.07, 6.45) is -4.44. The number of carbonyl (C=O) groups excluding carboxylic acids is 2. The molecule has 1 unspecified atom stereocenters. The van der Waals surface area contributed by atoms with Crippen molar-refractivity contribution in [1.82, 2.24) is 10.6 Å². The van der Waals surface area contributed by atoms with Gasteiger partial charge in [0, 0.05) is 18.9 Å². The molecule has 31 heavy (non-hydrogen) atoms. The summed E-state index contributed by atoms with van der Waals surface area (Å²) in [4.78, 5) is 24.2. The lowest BCUT2D eigenvalue weighted by atomic mass is 9.83. The molecule has 0 aliphatic heterocycles. The Kier molecular flexibility index (Phi) is 7.70. The van der Waals surface area contributed by atoms with Crippen LogP contribution in [0.5, 0.6) is 5.75 Å². The Morgan fingerprint density at radius 2 is 1.65 bits per heavy atom. The molecule has 0 bridgehead atoms. The van der Waals surface area contributed by atoms with E-state index in [0.29, 0.717) is 11.3 Å². The smallest absolute Gasteiger partial charge is 0.416 e. The molecule has 2 aromatic rings. The first-order valence-electron chi connectivity index (χ1n) is 9.78. The van der Waals surface area contributed by atoms with Crippen molar-refractivity contribution < 1.29 is 27.5 Å². The molecule has 2 amide bonds. The van der Waals surface area contributed by atoms with Crippen LogP contribution >= 0.6 is 0 Å². The summed E-state index contributed by atoms with van der Waals surface area (Å²) >= 11 is 0. The van der Waals surface area contributed by atoms with Gasteiger partial charge in [0.1, 0.15) is 5.75 Å². The zero-order valence-electron chi connectivity index (χ0n) is 18.0. The first kappa shape index (κ1) is 24.2. The van der Waals surface area contributed by atoms with E-state index in [1.807, 2.05) is 0 Å². The van der Waals surface area contributed by atoms with Gasteiger partial charge in [0.25, 0.3) is 0 Å². The molecule has 0 aliphatic rings. The Morgan fingerprint density at radius 3 is 2.19 bits per heavy atom. The first-order chi connectivity index (χ1) is 14.4. The monoisotopic (exact) mass is 436 g/mol. The van der Waals surface area contributed by atoms with Crippen LogP contribution in [0, 0.1) is 0 Å². The largest absolute Gasteiger partial charge is 0.497 e. The van der Waals surface area contributed by atoms with Crippen LogP contribution < -0.4 is 15.4 Å². The van der Waals surface area contributed by atoms with Crippen molar-refractivity contribution in [3.05, 3.63) is 65.2 Å². The second-order valence-electron chi connectivity index (χ2n) is 7.97. The third kappa shape index (κ3) is 7.01. The highest BCUT2D eigenvalue weighted by Gasteiger charge is 2.32. The Labute approximate surface area is 180 Å². The molecule has 1 atom stereocenters. The highest BCUT2D eigenvalue weighted by Crippen LogP contribution is 2.32. The standard InChI is InChI=1S/C23H27F3N2O3/c1-15(29)28-20(16-8-10-19(31-4)11-9-16)13-21(30)27-14-22(2,3)17-6-5-7-18(12-17)23(24,25)26/h5-12,20H,13-14H2,1-4H3,(H,27,30)(H,28,29). The number of halogens is 3. The fraction of sp³-hybridized carbons (Fsp3) is 0.391. The molecule has 0 heterocycles. The number of benzene rings is 2. The highest BCUT2D eigenvalue weighted by atomic mass is 19.4. The first-order valence-corrected chi connectivity index (χ1v) is 9.78. The van der Waals surface area contributed by atoms with Crippen LogP contribution in [0.3, 0.4) is 0 Å². The Hall–Kier alpha value is -3.03. The normalized spacial score (nSPS) is 12.7. The van der Waals surface area contributed by atoms with E-state index in [1.54, 1.807) is 51.3 Å². The Balaban J connectivity index is 2.07. The second kappa shape index (κ2) is 9.85. The summed E-state index contributed by atoms with van der Waals surface area (Å²) < 4.78 is 44.2. The number of methoxy groups -OCH3 is 1. The van der Waals surface area contributed by atoms with Gasteiger partial charge in [0.2, 0.25) is 11.8 Å². The second-order valence-corrected chi connectivity index (χ2v) is 7.97. The van der Waals surface area contributed by atoms with Crippen molar-refractivity contribution >= 4 is 11.8 Å². The maximum absolute atomic E-state index is 13.0. The van der Waals surface area contributed by atoms with Gasteiger partial charge in [0.15, 0.2) is 0 Å². The van der Waals surface area contributed by atoms with Gasteiger partial charge in [-0.2, -0.15) is 13.2 Å². The average Bonchev–Trinajstić information content (AvgIpc) is 2.71. The van der Waals surface area contributed by atoms with E-state index in [0.717, 1.165) is 17.7 Å². The van der Waals surface area contributed by atoms with Gasteiger partial charge >= 0.3 is 6.18 Å². The number of alkyl halides is 3. The van der Waals surface area contributed by atoms with Crippen molar-refractivity contribution in [2.24, 2.45) is 0 Å². The zero-order valence-corrected chi connectivity index (χ0v) is 18.0. The third-order valence-electron chi connectivity index (χ3n) is 4.98. The Morgan fingerprint density at radius 1 is 1.03 bits per heavy atom. The van der Waals surface area contributed by atoms with E-state index >= 15 is 0 Å². The number of rotatable bonds is 8. The van der Waals surface area contributed by atoms with Crippen molar-refractivity contribution in [3.63, 3.8) is 0 Å². The molecular formula is C23H27F3N2O3. The van der Waals surface area contributed by atoms with Crippen molar-refractivity contribution in [1.29, 1.82) is 0 Å².